The monoisotopic (exact) mass is 245 g/mol. The highest BCUT2D eigenvalue weighted by Gasteiger charge is 2.14. The molecule has 0 bridgehead atoms. The maximum atomic E-state index is 10.9. The van der Waals surface area contributed by atoms with Crippen molar-refractivity contribution in [2.75, 3.05) is 24.3 Å². The fourth-order valence-corrected chi connectivity index (χ4v) is 3.08. The van der Waals surface area contributed by atoms with Gasteiger partial charge in [-0.15, -0.1) is 0 Å². The molecule has 7 nitrogen and oxygen atoms in total. The summed E-state index contributed by atoms with van der Waals surface area (Å²) in [5.74, 6) is -2.48. The van der Waals surface area contributed by atoms with E-state index < -0.39 is 43.9 Å². The molecular weight excluding hydrogens is 234 g/mol. The fraction of sp³-hybridized carbons (Fsp3) is 0.800. The lowest BCUT2D eigenvalue weighted by Crippen LogP contribution is -2.33. The first-order valence-corrected chi connectivity index (χ1v) is 7.20. The largest absolute Gasteiger partial charge is 0.480 e. The minimum absolute atomic E-state index is 0.526. The molecule has 0 aromatic heterocycles. The molecule has 0 saturated carbocycles. The van der Waals surface area contributed by atoms with Gasteiger partial charge in [0, 0.05) is 6.26 Å². The molecule has 9 heteroatoms. The van der Waals surface area contributed by atoms with Gasteiger partial charge in [0.2, 0.25) is 10.0 Å². The Morgan fingerprint density at radius 2 is 1.71 bits per heavy atom. The minimum atomic E-state index is -3.82. The average molecular weight is 245 g/mol. The van der Waals surface area contributed by atoms with E-state index in [0.717, 1.165) is 6.26 Å². The van der Waals surface area contributed by atoms with E-state index in [9.17, 15) is 21.6 Å². The summed E-state index contributed by atoms with van der Waals surface area (Å²) in [6.45, 7) is -0.744. The van der Waals surface area contributed by atoms with Crippen LogP contribution in [0.4, 0.5) is 0 Å². The Morgan fingerprint density at radius 3 is 2.07 bits per heavy atom. The molecule has 14 heavy (non-hydrogen) atoms. The number of hydrogen-bond donors (Lipinski definition) is 2. The van der Waals surface area contributed by atoms with Gasteiger partial charge in [0.05, 0.1) is 11.5 Å². The van der Waals surface area contributed by atoms with Crippen molar-refractivity contribution in [1.82, 2.24) is 4.72 Å². The average Bonchev–Trinajstić information content (AvgIpc) is 1.97. The second-order valence-corrected chi connectivity index (χ2v) is 6.85. The van der Waals surface area contributed by atoms with Crippen LogP contribution in [0.1, 0.15) is 0 Å². The van der Waals surface area contributed by atoms with E-state index in [1.54, 1.807) is 4.72 Å². The fourth-order valence-electron chi connectivity index (χ4n) is 0.505. The highest BCUT2D eigenvalue weighted by Crippen LogP contribution is 1.89. The molecule has 0 aromatic carbocycles. The molecule has 0 aliphatic carbocycles. The molecule has 0 saturated heterocycles. The Labute approximate surface area is 82.1 Å². The first-order chi connectivity index (χ1) is 6.12. The summed E-state index contributed by atoms with van der Waals surface area (Å²) in [4.78, 5) is 10.0. The third-order valence-electron chi connectivity index (χ3n) is 1.17. The Balaban J connectivity index is 4.17. The third kappa shape index (κ3) is 7.95. The molecule has 0 radical (unpaired) electrons. The summed E-state index contributed by atoms with van der Waals surface area (Å²) in [7, 11) is -7.18. The van der Waals surface area contributed by atoms with Gasteiger partial charge in [-0.2, -0.15) is 0 Å². The van der Waals surface area contributed by atoms with Crippen LogP contribution in [0.3, 0.4) is 0 Å². The number of hydrogen-bond acceptors (Lipinski definition) is 5. The zero-order valence-corrected chi connectivity index (χ0v) is 9.06. The second-order valence-electron chi connectivity index (χ2n) is 2.66. The lowest BCUT2D eigenvalue weighted by Gasteiger charge is -2.02. The minimum Gasteiger partial charge on any atom is -0.480 e. The molecule has 0 atom stereocenters. The molecular formula is C5H11NO6S2. The van der Waals surface area contributed by atoms with Crippen LogP contribution in [0.5, 0.6) is 0 Å². The number of nitrogens with one attached hydrogen (secondary N) is 1. The standard InChI is InChI=1S/C5H11NO6S2/c1-13(9,10)2-3-14(11,12)6-4-5(7)8/h6H,2-4H2,1H3,(H,7,8). The Morgan fingerprint density at radius 1 is 1.21 bits per heavy atom. The van der Waals surface area contributed by atoms with Gasteiger partial charge in [-0.05, 0) is 0 Å². The van der Waals surface area contributed by atoms with E-state index in [1.165, 1.54) is 0 Å². The highest BCUT2D eigenvalue weighted by molar-refractivity contribution is 7.93. The van der Waals surface area contributed by atoms with Crippen LogP contribution < -0.4 is 4.72 Å². The number of carboxylic acids is 1. The highest BCUT2D eigenvalue weighted by atomic mass is 32.2. The molecule has 0 amide bonds. The Kier molecular flexibility index (Phi) is 4.49. The van der Waals surface area contributed by atoms with E-state index in [0.29, 0.717) is 0 Å². The predicted molar refractivity (Wildman–Crippen MR) is 49.1 cm³/mol. The van der Waals surface area contributed by atoms with E-state index in [-0.39, 0.29) is 0 Å². The van der Waals surface area contributed by atoms with E-state index >= 15 is 0 Å². The molecule has 0 aromatic rings. The van der Waals surface area contributed by atoms with Crippen molar-refractivity contribution >= 4 is 25.8 Å². The van der Waals surface area contributed by atoms with Crippen LogP contribution >= 0.6 is 0 Å². The maximum absolute atomic E-state index is 10.9. The summed E-state index contributed by atoms with van der Waals surface area (Å²) in [5.41, 5.74) is 0. The number of aliphatic carboxylic acids is 1. The lowest BCUT2D eigenvalue weighted by atomic mass is 10.7. The van der Waals surface area contributed by atoms with Gasteiger partial charge < -0.3 is 5.11 Å². The van der Waals surface area contributed by atoms with Crippen molar-refractivity contribution in [1.29, 1.82) is 0 Å². The normalized spacial score (nSPS) is 12.6. The van der Waals surface area contributed by atoms with E-state index in [1.807, 2.05) is 0 Å². The lowest BCUT2D eigenvalue weighted by molar-refractivity contribution is -0.135. The van der Waals surface area contributed by atoms with E-state index in [2.05, 4.69) is 0 Å². The van der Waals surface area contributed by atoms with Gasteiger partial charge in [-0.3, -0.25) is 4.79 Å². The van der Waals surface area contributed by atoms with Gasteiger partial charge in [0.15, 0.2) is 0 Å². The van der Waals surface area contributed by atoms with Crippen LogP contribution in [0.2, 0.25) is 0 Å². The first kappa shape index (κ1) is 13.3. The summed E-state index contributed by atoms with van der Waals surface area (Å²) < 4.78 is 44.8. The van der Waals surface area contributed by atoms with Crippen LogP contribution in [-0.4, -0.2) is 52.2 Å². The summed E-state index contributed by atoms with van der Waals surface area (Å²) in [6.07, 6.45) is 0.902. The number of carboxylic acid groups (broad SMARTS) is 1. The van der Waals surface area contributed by atoms with Crippen molar-refractivity contribution < 1.29 is 26.7 Å². The third-order valence-corrected chi connectivity index (χ3v) is 3.70. The molecule has 2 N–H and O–H groups in total. The van der Waals surface area contributed by atoms with Crippen molar-refractivity contribution in [3.63, 3.8) is 0 Å². The van der Waals surface area contributed by atoms with Crippen molar-refractivity contribution in [3.05, 3.63) is 0 Å². The van der Waals surface area contributed by atoms with Crippen LogP contribution in [0.25, 0.3) is 0 Å². The topological polar surface area (TPSA) is 118 Å². The molecule has 0 aliphatic rings. The Bertz CT molecular complexity index is 394. The molecule has 84 valence electrons. The van der Waals surface area contributed by atoms with E-state index in [4.69, 9.17) is 5.11 Å². The van der Waals surface area contributed by atoms with Gasteiger partial charge in [-0.1, -0.05) is 0 Å². The van der Waals surface area contributed by atoms with Gasteiger partial charge in [0.25, 0.3) is 0 Å². The molecule has 0 rings (SSSR count). The first-order valence-electron chi connectivity index (χ1n) is 3.49. The molecule has 0 fully saturated rings. The number of sulfonamides is 1. The van der Waals surface area contributed by atoms with Crippen molar-refractivity contribution in [3.8, 4) is 0 Å². The van der Waals surface area contributed by atoms with Crippen molar-refractivity contribution in [2.45, 2.75) is 0 Å². The second kappa shape index (κ2) is 4.71. The smallest absolute Gasteiger partial charge is 0.318 e. The number of carbonyl (C=O) groups is 1. The van der Waals surface area contributed by atoms with Gasteiger partial charge in [-0.25, -0.2) is 21.6 Å². The summed E-state index contributed by atoms with van der Waals surface area (Å²) in [6, 6.07) is 0. The maximum Gasteiger partial charge on any atom is 0.318 e. The zero-order valence-electron chi connectivity index (χ0n) is 7.43. The number of sulfone groups is 1. The van der Waals surface area contributed by atoms with Crippen LogP contribution in [0.15, 0.2) is 0 Å². The van der Waals surface area contributed by atoms with Crippen LogP contribution in [-0.2, 0) is 24.7 Å². The molecule has 0 unspecified atom stereocenters. The van der Waals surface area contributed by atoms with Crippen LogP contribution in [0, 0.1) is 0 Å². The van der Waals surface area contributed by atoms with Gasteiger partial charge >= 0.3 is 5.97 Å². The predicted octanol–water partition coefficient (Wildman–Crippen LogP) is -1.96. The molecule has 0 heterocycles. The summed E-state index contributed by atoms with van der Waals surface area (Å²) in [5, 5.41) is 8.16. The van der Waals surface area contributed by atoms with Crippen molar-refractivity contribution in [2.24, 2.45) is 0 Å². The number of rotatable bonds is 6. The zero-order chi connectivity index (χ0) is 11.4. The van der Waals surface area contributed by atoms with Gasteiger partial charge in [0.1, 0.15) is 16.4 Å². The SMILES string of the molecule is CS(=O)(=O)CCS(=O)(=O)NCC(=O)O. The Hall–Kier alpha value is -0.670. The summed E-state index contributed by atoms with van der Waals surface area (Å²) >= 11 is 0. The molecule has 0 spiro atoms. The quantitative estimate of drug-likeness (QED) is 0.560. The molecule has 0 aliphatic heterocycles.